The van der Waals surface area contributed by atoms with Crippen molar-refractivity contribution in [2.75, 3.05) is 5.32 Å². The van der Waals surface area contributed by atoms with Gasteiger partial charge in [-0.05, 0) is 31.2 Å². The van der Waals surface area contributed by atoms with Crippen molar-refractivity contribution in [2.45, 2.75) is 6.92 Å². The summed E-state index contributed by atoms with van der Waals surface area (Å²) in [5, 5.41) is 15.6. The first kappa shape index (κ1) is 19.3. The molecule has 1 N–H and O–H groups in total. The molecule has 0 saturated carbocycles. The van der Waals surface area contributed by atoms with Crippen LogP contribution in [0.25, 0.3) is 27.8 Å². The van der Waals surface area contributed by atoms with Crippen molar-refractivity contribution in [1.82, 2.24) is 4.98 Å². The van der Waals surface area contributed by atoms with Gasteiger partial charge in [0, 0.05) is 28.2 Å². The summed E-state index contributed by atoms with van der Waals surface area (Å²) in [6.07, 6.45) is 1.53. The molecule has 0 saturated heterocycles. The normalized spacial score (nSPS) is 11.3. The molecule has 0 atom stereocenters. The Bertz CT molecular complexity index is 1390. The SMILES string of the molecule is CC(=O)c1cccc(N/C=C(\C#N)c2nc(-c3cc4ccccc4oc3=O)cs2)c1. The van der Waals surface area contributed by atoms with E-state index < -0.39 is 5.63 Å². The number of nitriles is 1. The number of thiazole rings is 1. The Morgan fingerprint density at radius 1 is 1.20 bits per heavy atom. The van der Waals surface area contributed by atoms with E-state index in [2.05, 4.69) is 16.4 Å². The molecule has 30 heavy (non-hydrogen) atoms. The van der Waals surface area contributed by atoms with Crippen LogP contribution in [0.1, 0.15) is 22.3 Å². The van der Waals surface area contributed by atoms with Crippen LogP contribution >= 0.6 is 11.3 Å². The van der Waals surface area contributed by atoms with Gasteiger partial charge in [-0.1, -0.05) is 30.3 Å². The number of fused-ring (bicyclic) bond motifs is 1. The number of nitrogens with zero attached hydrogens (tertiary/aromatic N) is 2. The second-order valence-corrected chi connectivity index (χ2v) is 7.33. The molecular weight excluding hydrogens is 398 g/mol. The molecule has 0 aliphatic carbocycles. The predicted molar refractivity (Wildman–Crippen MR) is 117 cm³/mol. The number of allylic oxidation sites excluding steroid dienone is 1. The molecule has 7 heteroatoms. The fourth-order valence-corrected chi connectivity index (χ4v) is 3.67. The molecule has 0 unspecified atom stereocenters. The van der Waals surface area contributed by atoms with E-state index in [9.17, 15) is 14.9 Å². The molecule has 0 amide bonds. The van der Waals surface area contributed by atoms with Gasteiger partial charge in [0.25, 0.3) is 0 Å². The molecular formula is C23H15N3O3S. The van der Waals surface area contributed by atoms with Gasteiger partial charge in [-0.25, -0.2) is 9.78 Å². The minimum atomic E-state index is -0.479. The summed E-state index contributed by atoms with van der Waals surface area (Å²) in [6, 6.07) is 18.1. The van der Waals surface area contributed by atoms with Gasteiger partial charge in [-0.3, -0.25) is 4.79 Å². The number of aromatic nitrogens is 1. The molecule has 4 rings (SSSR count). The molecule has 2 aromatic heterocycles. The Balaban J connectivity index is 1.64. The van der Waals surface area contributed by atoms with Crippen molar-refractivity contribution in [1.29, 1.82) is 5.26 Å². The predicted octanol–water partition coefficient (Wildman–Crippen LogP) is 5.10. The zero-order chi connectivity index (χ0) is 21.1. The lowest BCUT2D eigenvalue weighted by Gasteiger charge is -2.03. The van der Waals surface area contributed by atoms with Crippen LogP contribution in [0.2, 0.25) is 0 Å². The number of hydrogen-bond acceptors (Lipinski definition) is 7. The van der Waals surface area contributed by atoms with Gasteiger partial charge in [0.1, 0.15) is 22.2 Å². The molecule has 0 aliphatic heterocycles. The van der Waals surface area contributed by atoms with Crippen LogP contribution in [0, 0.1) is 11.3 Å². The summed E-state index contributed by atoms with van der Waals surface area (Å²) in [6.45, 7) is 1.50. The third-order valence-electron chi connectivity index (χ3n) is 4.42. The molecule has 0 radical (unpaired) electrons. The maximum absolute atomic E-state index is 12.4. The molecule has 146 valence electrons. The van der Waals surface area contributed by atoms with E-state index in [4.69, 9.17) is 4.42 Å². The molecule has 2 aromatic carbocycles. The van der Waals surface area contributed by atoms with Gasteiger partial charge < -0.3 is 9.73 Å². The molecule has 0 bridgehead atoms. The quantitative estimate of drug-likeness (QED) is 0.278. The number of nitrogens with one attached hydrogen (secondary N) is 1. The average Bonchev–Trinajstić information content (AvgIpc) is 3.23. The molecule has 6 nitrogen and oxygen atoms in total. The Kier molecular flexibility index (Phi) is 5.24. The zero-order valence-corrected chi connectivity index (χ0v) is 16.7. The number of hydrogen-bond donors (Lipinski definition) is 1. The maximum atomic E-state index is 12.4. The number of rotatable bonds is 5. The van der Waals surface area contributed by atoms with Crippen molar-refractivity contribution in [3.8, 4) is 17.3 Å². The Morgan fingerprint density at radius 2 is 2.03 bits per heavy atom. The minimum absolute atomic E-state index is 0.0399. The van der Waals surface area contributed by atoms with Crippen LogP contribution in [0.5, 0.6) is 0 Å². The third-order valence-corrected chi connectivity index (χ3v) is 5.30. The second-order valence-electron chi connectivity index (χ2n) is 6.47. The van der Waals surface area contributed by atoms with Gasteiger partial charge in [0.15, 0.2) is 5.78 Å². The number of carbonyl (C=O) groups excluding carboxylic acids is 1. The van der Waals surface area contributed by atoms with Gasteiger partial charge >= 0.3 is 5.63 Å². The minimum Gasteiger partial charge on any atom is -0.422 e. The van der Waals surface area contributed by atoms with Gasteiger partial charge in [-0.2, -0.15) is 5.26 Å². The highest BCUT2D eigenvalue weighted by atomic mass is 32.1. The first-order valence-electron chi connectivity index (χ1n) is 9.02. The van der Waals surface area contributed by atoms with E-state index in [1.807, 2.05) is 12.1 Å². The van der Waals surface area contributed by atoms with E-state index in [1.54, 1.807) is 47.8 Å². The smallest absolute Gasteiger partial charge is 0.345 e. The summed E-state index contributed by atoms with van der Waals surface area (Å²) in [4.78, 5) is 28.3. The standard InChI is InChI=1S/C23H15N3O3S/c1-14(27)15-6-4-7-18(9-15)25-12-17(11-24)22-26-20(13-30-22)19-10-16-5-2-3-8-21(16)29-23(19)28/h2-10,12-13,25H,1H3/b17-12+. The van der Waals surface area contributed by atoms with E-state index in [0.29, 0.717) is 38.7 Å². The van der Waals surface area contributed by atoms with Gasteiger partial charge in [-0.15, -0.1) is 11.3 Å². The maximum Gasteiger partial charge on any atom is 0.345 e. The van der Waals surface area contributed by atoms with Crippen LogP contribution in [0.3, 0.4) is 0 Å². The lowest BCUT2D eigenvalue weighted by Crippen LogP contribution is -2.02. The number of Topliss-reactive ketones (excluding diaryl/α,β-unsaturated/α-hetero) is 1. The topological polar surface area (TPSA) is 96.0 Å². The highest BCUT2D eigenvalue weighted by Crippen LogP contribution is 2.26. The highest BCUT2D eigenvalue weighted by Gasteiger charge is 2.13. The van der Waals surface area contributed by atoms with Crippen LogP contribution in [0.4, 0.5) is 5.69 Å². The first-order chi connectivity index (χ1) is 14.5. The van der Waals surface area contributed by atoms with Crippen molar-refractivity contribution in [2.24, 2.45) is 0 Å². The van der Waals surface area contributed by atoms with Crippen LogP contribution in [0.15, 0.2) is 75.4 Å². The molecule has 0 fully saturated rings. The second kappa shape index (κ2) is 8.15. The molecule has 2 heterocycles. The number of benzene rings is 2. The highest BCUT2D eigenvalue weighted by molar-refractivity contribution is 7.11. The summed E-state index contributed by atoms with van der Waals surface area (Å²) >= 11 is 1.26. The van der Waals surface area contributed by atoms with Crippen molar-refractivity contribution >= 4 is 39.3 Å². The molecule has 0 aliphatic rings. The van der Waals surface area contributed by atoms with Crippen LogP contribution in [-0.2, 0) is 0 Å². The van der Waals surface area contributed by atoms with Crippen molar-refractivity contribution in [3.63, 3.8) is 0 Å². The summed E-state index contributed by atoms with van der Waals surface area (Å²) < 4.78 is 5.37. The number of para-hydroxylation sites is 1. The number of ketones is 1. The van der Waals surface area contributed by atoms with E-state index in [-0.39, 0.29) is 5.78 Å². The summed E-state index contributed by atoms with van der Waals surface area (Å²) in [5.41, 5.74) is 2.40. The zero-order valence-electron chi connectivity index (χ0n) is 15.9. The fourth-order valence-electron chi connectivity index (χ4n) is 2.89. The first-order valence-corrected chi connectivity index (χ1v) is 9.90. The lowest BCUT2D eigenvalue weighted by molar-refractivity contribution is 0.101. The van der Waals surface area contributed by atoms with Crippen molar-refractivity contribution in [3.05, 3.63) is 87.2 Å². The Morgan fingerprint density at radius 3 is 2.83 bits per heavy atom. The van der Waals surface area contributed by atoms with Crippen LogP contribution in [-0.4, -0.2) is 10.8 Å². The van der Waals surface area contributed by atoms with Crippen molar-refractivity contribution < 1.29 is 9.21 Å². The van der Waals surface area contributed by atoms with Gasteiger partial charge in [0.05, 0.1) is 11.3 Å². The molecule has 4 aromatic rings. The van der Waals surface area contributed by atoms with Gasteiger partial charge in [0.2, 0.25) is 0 Å². The number of carbonyl (C=O) groups is 1. The van der Waals surface area contributed by atoms with E-state index in [0.717, 1.165) is 5.39 Å². The monoisotopic (exact) mass is 413 g/mol. The largest absolute Gasteiger partial charge is 0.422 e. The van der Waals surface area contributed by atoms with E-state index in [1.165, 1.54) is 24.5 Å². The Labute approximate surface area is 175 Å². The fraction of sp³-hybridized carbons (Fsp3) is 0.0435. The van der Waals surface area contributed by atoms with Crippen LogP contribution < -0.4 is 10.9 Å². The summed E-state index contributed by atoms with van der Waals surface area (Å²) in [7, 11) is 0. The lowest BCUT2D eigenvalue weighted by atomic mass is 10.1. The third kappa shape index (κ3) is 3.90. The average molecular weight is 413 g/mol. The Hall–Kier alpha value is -4.02. The molecule has 0 spiro atoms. The summed E-state index contributed by atoms with van der Waals surface area (Å²) in [5.74, 6) is -0.0399. The van der Waals surface area contributed by atoms with E-state index >= 15 is 0 Å². The number of anilines is 1.